The Kier molecular flexibility index (Phi) is 3.22. The van der Waals surface area contributed by atoms with Crippen LogP contribution in [0.3, 0.4) is 0 Å². The summed E-state index contributed by atoms with van der Waals surface area (Å²) in [6.45, 7) is 2.10. The molecule has 1 unspecified atom stereocenters. The molecule has 1 saturated carbocycles. The molecule has 1 amide bonds. The molecule has 0 aliphatic heterocycles. The van der Waals surface area contributed by atoms with Crippen LogP contribution < -0.4 is 5.32 Å². The summed E-state index contributed by atoms with van der Waals surface area (Å²) in [6, 6.07) is 13.5. The second-order valence-electron chi connectivity index (χ2n) is 5.84. The molecule has 2 aromatic carbocycles. The number of nitrogens with one attached hydrogen (secondary N) is 1. The van der Waals surface area contributed by atoms with Crippen molar-refractivity contribution in [3.8, 4) is 0 Å². The third-order valence-corrected chi connectivity index (χ3v) is 4.10. The molecule has 3 nitrogen and oxygen atoms in total. The van der Waals surface area contributed by atoms with Gasteiger partial charge in [0, 0.05) is 12.1 Å². The normalized spacial score (nSPS) is 17.7. The lowest BCUT2D eigenvalue weighted by Crippen LogP contribution is -2.42. The highest BCUT2D eigenvalue weighted by atomic mass is 16.3. The summed E-state index contributed by atoms with van der Waals surface area (Å²) in [7, 11) is 0. The predicted molar refractivity (Wildman–Crippen MR) is 79.6 cm³/mol. The van der Waals surface area contributed by atoms with Gasteiger partial charge in [0.25, 0.3) is 5.91 Å². The molecular formula is C17H19NO2. The molecule has 0 spiro atoms. The van der Waals surface area contributed by atoms with Crippen molar-refractivity contribution in [2.75, 3.05) is 6.54 Å². The van der Waals surface area contributed by atoms with Crippen LogP contribution in [-0.4, -0.2) is 23.2 Å². The molecule has 1 aliphatic carbocycles. The SMILES string of the molecule is CC(O)(CNC(=O)c1cccc2ccccc12)C1CC1. The van der Waals surface area contributed by atoms with E-state index in [1.54, 1.807) is 6.92 Å². The van der Waals surface area contributed by atoms with Crippen molar-refractivity contribution in [3.05, 3.63) is 48.0 Å². The number of hydrogen-bond donors (Lipinski definition) is 2. The van der Waals surface area contributed by atoms with Gasteiger partial charge in [-0.1, -0.05) is 36.4 Å². The van der Waals surface area contributed by atoms with E-state index in [9.17, 15) is 9.90 Å². The fraction of sp³-hybridized carbons (Fsp3) is 0.353. The maximum Gasteiger partial charge on any atom is 0.252 e. The fourth-order valence-corrected chi connectivity index (χ4v) is 2.63. The molecule has 3 rings (SSSR count). The topological polar surface area (TPSA) is 49.3 Å². The zero-order chi connectivity index (χ0) is 14.2. The van der Waals surface area contributed by atoms with E-state index in [0.29, 0.717) is 18.0 Å². The van der Waals surface area contributed by atoms with Crippen molar-refractivity contribution in [1.82, 2.24) is 5.32 Å². The molecule has 1 fully saturated rings. The first-order chi connectivity index (χ1) is 9.58. The predicted octanol–water partition coefficient (Wildman–Crippen LogP) is 2.73. The standard InChI is InChI=1S/C17H19NO2/c1-17(20,13-9-10-13)11-18-16(19)15-8-4-6-12-5-2-3-7-14(12)15/h2-8,13,20H,9-11H2,1H3,(H,18,19). The molecule has 1 atom stereocenters. The Hall–Kier alpha value is -1.87. The molecular weight excluding hydrogens is 250 g/mol. The van der Waals surface area contributed by atoms with Crippen LogP contribution in [0.5, 0.6) is 0 Å². The molecule has 1 aliphatic rings. The largest absolute Gasteiger partial charge is 0.388 e. The fourth-order valence-electron chi connectivity index (χ4n) is 2.63. The van der Waals surface area contributed by atoms with Crippen molar-refractivity contribution in [2.24, 2.45) is 5.92 Å². The molecule has 0 bridgehead atoms. The van der Waals surface area contributed by atoms with E-state index in [0.717, 1.165) is 23.6 Å². The minimum atomic E-state index is -0.791. The van der Waals surface area contributed by atoms with Gasteiger partial charge < -0.3 is 10.4 Å². The minimum absolute atomic E-state index is 0.122. The van der Waals surface area contributed by atoms with Crippen LogP contribution in [0.1, 0.15) is 30.1 Å². The molecule has 2 aromatic rings. The summed E-state index contributed by atoms with van der Waals surface area (Å²) in [5, 5.41) is 15.1. The van der Waals surface area contributed by atoms with E-state index in [-0.39, 0.29) is 5.91 Å². The first-order valence-electron chi connectivity index (χ1n) is 7.06. The maximum absolute atomic E-state index is 12.3. The molecule has 3 heteroatoms. The van der Waals surface area contributed by atoms with Gasteiger partial charge in [-0.25, -0.2) is 0 Å². The third kappa shape index (κ3) is 2.54. The molecule has 0 radical (unpaired) electrons. The van der Waals surface area contributed by atoms with Gasteiger partial charge in [-0.2, -0.15) is 0 Å². The van der Waals surface area contributed by atoms with Crippen LogP contribution in [0.4, 0.5) is 0 Å². The first-order valence-corrected chi connectivity index (χ1v) is 7.06. The maximum atomic E-state index is 12.3. The van der Waals surface area contributed by atoms with Crippen molar-refractivity contribution >= 4 is 16.7 Å². The Morgan fingerprint density at radius 2 is 1.95 bits per heavy atom. The van der Waals surface area contributed by atoms with Crippen molar-refractivity contribution in [2.45, 2.75) is 25.4 Å². The van der Waals surface area contributed by atoms with E-state index in [2.05, 4.69) is 5.32 Å². The number of amides is 1. The zero-order valence-electron chi connectivity index (χ0n) is 11.6. The highest BCUT2D eigenvalue weighted by molar-refractivity contribution is 6.07. The third-order valence-electron chi connectivity index (χ3n) is 4.10. The molecule has 0 saturated heterocycles. The second kappa shape index (κ2) is 4.91. The van der Waals surface area contributed by atoms with Crippen LogP contribution in [0.25, 0.3) is 10.8 Å². The van der Waals surface area contributed by atoms with Crippen LogP contribution in [0, 0.1) is 5.92 Å². The van der Waals surface area contributed by atoms with Crippen molar-refractivity contribution < 1.29 is 9.90 Å². The van der Waals surface area contributed by atoms with Gasteiger partial charge in [-0.3, -0.25) is 4.79 Å². The van der Waals surface area contributed by atoms with Crippen LogP contribution in [0.2, 0.25) is 0 Å². The summed E-state index contributed by atoms with van der Waals surface area (Å²) in [4.78, 5) is 12.3. The number of carbonyl (C=O) groups is 1. The molecule has 20 heavy (non-hydrogen) atoms. The number of hydrogen-bond acceptors (Lipinski definition) is 2. The van der Waals surface area contributed by atoms with Gasteiger partial charge in [0.15, 0.2) is 0 Å². The summed E-state index contributed by atoms with van der Waals surface area (Å²) >= 11 is 0. The van der Waals surface area contributed by atoms with E-state index in [4.69, 9.17) is 0 Å². The summed E-state index contributed by atoms with van der Waals surface area (Å²) < 4.78 is 0. The second-order valence-corrected chi connectivity index (χ2v) is 5.84. The van der Waals surface area contributed by atoms with Gasteiger partial charge in [0.2, 0.25) is 0 Å². The highest BCUT2D eigenvalue weighted by Crippen LogP contribution is 2.39. The minimum Gasteiger partial charge on any atom is -0.388 e. The number of aliphatic hydroxyl groups is 1. The number of rotatable bonds is 4. The Bertz CT molecular complexity index is 639. The number of carbonyl (C=O) groups excluding carboxylic acids is 1. The lowest BCUT2D eigenvalue weighted by atomic mass is 10.00. The van der Waals surface area contributed by atoms with E-state index in [1.165, 1.54) is 0 Å². The lowest BCUT2D eigenvalue weighted by molar-refractivity contribution is 0.0354. The van der Waals surface area contributed by atoms with Crippen molar-refractivity contribution in [1.29, 1.82) is 0 Å². The number of benzene rings is 2. The Balaban J connectivity index is 1.79. The van der Waals surface area contributed by atoms with E-state index in [1.807, 2.05) is 42.5 Å². The summed E-state index contributed by atoms with van der Waals surface area (Å²) in [5.74, 6) is 0.207. The average Bonchev–Trinajstić information content (AvgIpc) is 3.29. The monoisotopic (exact) mass is 269 g/mol. The average molecular weight is 269 g/mol. The molecule has 2 N–H and O–H groups in total. The van der Waals surface area contributed by atoms with Gasteiger partial charge >= 0.3 is 0 Å². The first kappa shape index (κ1) is 13.1. The molecule has 0 heterocycles. The summed E-state index contributed by atoms with van der Waals surface area (Å²) in [5.41, 5.74) is -0.130. The number of fused-ring (bicyclic) bond motifs is 1. The van der Waals surface area contributed by atoms with E-state index < -0.39 is 5.60 Å². The van der Waals surface area contributed by atoms with Gasteiger partial charge in [-0.15, -0.1) is 0 Å². The highest BCUT2D eigenvalue weighted by Gasteiger charge is 2.39. The molecule has 104 valence electrons. The summed E-state index contributed by atoms with van der Waals surface area (Å²) in [6.07, 6.45) is 2.11. The zero-order valence-corrected chi connectivity index (χ0v) is 11.6. The Labute approximate surface area is 118 Å². The van der Waals surface area contributed by atoms with Crippen LogP contribution in [-0.2, 0) is 0 Å². The quantitative estimate of drug-likeness (QED) is 0.896. The molecule has 0 aromatic heterocycles. The Morgan fingerprint density at radius 1 is 1.25 bits per heavy atom. The Morgan fingerprint density at radius 3 is 2.70 bits per heavy atom. The van der Waals surface area contributed by atoms with Gasteiger partial charge in [-0.05, 0) is 42.5 Å². The van der Waals surface area contributed by atoms with Crippen LogP contribution >= 0.6 is 0 Å². The van der Waals surface area contributed by atoms with E-state index >= 15 is 0 Å². The van der Waals surface area contributed by atoms with Crippen LogP contribution in [0.15, 0.2) is 42.5 Å². The van der Waals surface area contributed by atoms with Crippen molar-refractivity contribution in [3.63, 3.8) is 0 Å². The lowest BCUT2D eigenvalue weighted by Gasteiger charge is -2.23. The smallest absolute Gasteiger partial charge is 0.252 e. The van der Waals surface area contributed by atoms with Gasteiger partial charge in [0.1, 0.15) is 0 Å². The van der Waals surface area contributed by atoms with Gasteiger partial charge in [0.05, 0.1) is 5.60 Å².